The van der Waals surface area contributed by atoms with E-state index >= 15 is 0 Å². The van der Waals surface area contributed by atoms with Crippen molar-refractivity contribution >= 4 is 5.91 Å². The second kappa shape index (κ2) is 7.32. The molecule has 3 nitrogen and oxygen atoms in total. The van der Waals surface area contributed by atoms with Crippen LogP contribution in [0.4, 0.5) is 0 Å². The summed E-state index contributed by atoms with van der Waals surface area (Å²) in [5.74, 6) is 1.13. The summed E-state index contributed by atoms with van der Waals surface area (Å²) in [6, 6.07) is 18.8. The van der Waals surface area contributed by atoms with Gasteiger partial charge in [0.1, 0.15) is 5.75 Å². The van der Waals surface area contributed by atoms with Crippen LogP contribution in [-0.4, -0.2) is 24.5 Å². The van der Waals surface area contributed by atoms with E-state index in [4.69, 9.17) is 4.74 Å². The smallest absolute Gasteiger partial charge is 0.223 e. The van der Waals surface area contributed by atoms with Gasteiger partial charge in [-0.25, -0.2) is 0 Å². The summed E-state index contributed by atoms with van der Waals surface area (Å²) in [5.41, 5.74) is 2.54. The lowest BCUT2D eigenvalue weighted by atomic mass is 10.0. The van der Waals surface area contributed by atoms with E-state index in [1.165, 1.54) is 11.1 Å². The van der Waals surface area contributed by atoms with Gasteiger partial charge in [-0.2, -0.15) is 0 Å². The maximum Gasteiger partial charge on any atom is 0.223 e. The normalized spacial score (nSPS) is 17.5. The number of methoxy groups -OCH3 is 1. The first-order valence-electron chi connectivity index (χ1n) is 8.25. The Morgan fingerprint density at radius 2 is 1.83 bits per heavy atom. The number of rotatable bonds is 6. The highest BCUT2D eigenvalue weighted by Crippen LogP contribution is 2.33. The highest BCUT2D eigenvalue weighted by Gasteiger charge is 2.31. The van der Waals surface area contributed by atoms with E-state index in [1.54, 1.807) is 7.11 Å². The second-order valence-electron chi connectivity index (χ2n) is 6.00. The summed E-state index contributed by atoms with van der Waals surface area (Å²) in [7, 11) is 1.67. The molecule has 3 heteroatoms. The second-order valence-corrected chi connectivity index (χ2v) is 6.00. The van der Waals surface area contributed by atoms with Crippen LogP contribution in [0.5, 0.6) is 5.75 Å². The lowest BCUT2D eigenvalue weighted by molar-refractivity contribution is -0.129. The van der Waals surface area contributed by atoms with Gasteiger partial charge in [0.05, 0.1) is 13.2 Å². The minimum absolute atomic E-state index is 0.212. The number of nitrogens with zero attached hydrogens (tertiary/aromatic N) is 1. The van der Waals surface area contributed by atoms with E-state index in [9.17, 15) is 4.79 Å². The zero-order valence-corrected chi connectivity index (χ0v) is 13.6. The summed E-state index contributed by atoms with van der Waals surface area (Å²) in [5, 5.41) is 0. The van der Waals surface area contributed by atoms with E-state index in [0.717, 1.165) is 31.6 Å². The van der Waals surface area contributed by atoms with Crippen molar-refractivity contribution in [2.75, 3.05) is 13.7 Å². The van der Waals surface area contributed by atoms with E-state index in [0.29, 0.717) is 6.42 Å². The summed E-state index contributed by atoms with van der Waals surface area (Å²) in [4.78, 5) is 14.3. The molecule has 1 heterocycles. The van der Waals surface area contributed by atoms with E-state index in [1.807, 2.05) is 23.1 Å². The Morgan fingerprint density at radius 1 is 1.09 bits per heavy atom. The molecule has 2 aromatic rings. The molecule has 1 amide bonds. The van der Waals surface area contributed by atoms with Crippen molar-refractivity contribution in [2.45, 2.75) is 31.7 Å². The fourth-order valence-corrected chi connectivity index (χ4v) is 3.28. The molecule has 0 radical (unpaired) electrons. The van der Waals surface area contributed by atoms with Crippen molar-refractivity contribution in [2.24, 2.45) is 0 Å². The molecule has 23 heavy (non-hydrogen) atoms. The van der Waals surface area contributed by atoms with Crippen LogP contribution in [0.15, 0.2) is 54.6 Å². The summed E-state index contributed by atoms with van der Waals surface area (Å²) >= 11 is 0. The van der Waals surface area contributed by atoms with Crippen molar-refractivity contribution in [1.82, 2.24) is 4.90 Å². The molecule has 0 aromatic heterocycles. The Balaban J connectivity index is 1.62. The van der Waals surface area contributed by atoms with Crippen molar-refractivity contribution < 1.29 is 9.53 Å². The monoisotopic (exact) mass is 309 g/mol. The summed E-state index contributed by atoms with van der Waals surface area (Å²) in [6.07, 6.45) is 3.58. The molecule has 0 N–H and O–H groups in total. The number of carbonyl (C=O) groups excluding carboxylic acids is 1. The molecular weight excluding hydrogens is 286 g/mol. The van der Waals surface area contributed by atoms with Crippen LogP contribution in [0, 0.1) is 0 Å². The van der Waals surface area contributed by atoms with Crippen LogP contribution in [0.2, 0.25) is 0 Å². The molecule has 1 fully saturated rings. The van der Waals surface area contributed by atoms with Gasteiger partial charge >= 0.3 is 0 Å². The Kier molecular flexibility index (Phi) is 4.96. The Hall–Kier alpha value is -2.29. The van der Waals surface area contributed by atoms with Crippen LogP contribution in [0.1, 0.15) is 36.4 Å². The van der Waals surface area contributed by atoms with Crippen LogP contribution in [0.25, 0.3) is 0 Å². The molecule has 1 aliphatic heterocycles. The first-order valence-corrected chi connectivity index (χ1v) is 8.25. The lowest BCUT2D eigenvalue weighted by Crippen LogP contribution is -2.29. The van der Waals surface area contributed by atoms with Gasteiger partial charge in [-0.15, -0.1) is 0 Å². The number of ether oxygens (including phenoxy) is 1. The SMILES string of the molecule is COc1ccc(C2CCC(=O)N2CCCc2ccccc2)cc1. The molecule has 1 aliphatic rings. The number of benzene rings is 2. The van der Waals surface area contributed by atoms with E-state index in [2.05, 4.69) is 36.4 Å². The summed E-state index contributed by atoms with van der Waals surface area (Å²) < 4.78 is 5.21. The highest BCUT2D eigenvalue weighted by atomic mass is 16.5. The number of hydrogen-bond acceptors (Lipinski definition) is 2. The van der Waals surface area contributed by atoms with Crippen molar-refractivity contribution in [3.63, 3.8) is 0 Å². The third-order valence-corrected chi connectivity index (χ3v) is 4.54. The molecule has 3 rings (SSSR count). The number of likely N-dealkylation sites (tertiary alicyclic amines) is 1. The van der Waals surface area contributed by atoms with Gasteiger partial charge in [0.15, 0.2) is 0 Å². The average Bonchev–Trinajstić information content (AvgIpc) is 2.97. The molecule has 0 aliphatic carbocycles. The molecular formula is C20H23NO2. The van der Waals surface area contributed by atoms with Crippen LogP contribution < -0.4 is 4.74 Å². The lowest BCUT2D eigenvalue weighted by Gasteiger charge is -2.25. The number of amides is 1. The largest absolute Gasteiger partial charge is 0.497 e. The average molecular weight is 309 g/mol. The van der Waals surface area contributed by atoms with Gasteiger partial charge < -0.3 is 9.64 Å². The molecule has 1 atom stereocenters. The van der Waals surface area contributed by atoms with Gasteiger partial charge in [-0.1, -0.05) is 42.5 Å². The fourth-order valence-electron chi connectivity index (χ4n) is 3.28. The van der Waals surface area contributed by atoms with Crippen molar-refractivity contribution in [1.29, 1.82) is 0 Å². The molecule has 2 aromatic carbocycles. The van der Waals surface area contributed by atoms with Crippen LogP contribution in [-0.2, 0) is 11.2 Å². The number of aryl methyl sites for hydroxylation is 1. The third-order valence-electron chi connectivity index (χ3n) is 4.54. The number of hydrogen-bond donors (Lipinski definition) is 0. The Morgan fingerprint density at radius 3 is 2.52 bits per heavy atom. The zero-order valence-electron chi connectivity index (χ0n) is 13.6. The summed E-state index contributed by atoms with van der Waals surface area (Å²) in [6.45, 7) is 0.824. The standard InChI is InChI=1S/C20H23NO2/c1-23-18-11-9-17(10-12-18)19-13-14-20(22)21(19)15-5-8-16-6-3-2-4-7-16/h2-4,6-7,9-12,19H,5,8,13-15H2,1H3. The Labute approximate surface area is 137 Å². The zero-order chi connectivity index (χ0) is 16.1. The highest BCUT2D eigenvalue weighted by molar-refractivity contribution is 5.79. The van der Waals surface area contributed by atoms with Crippen molar-refractivity contribution in [3.8, 4) is 5.75 Å². The van der Waals surface area contributed by atoms with Gasteiger partial charge in [-0.05, 0) is 42.5 Å². The molecule has 1 unspecified atom stereocenters. The maximum atomic E-state index is 12.2. The predicted octanol–water partition coefficient (Wildman–Crippen LogP) is 3.99. The van der Waals surface area contributed by atoms with Gasteiger partial charge in [0.25, 0.3) is 0 Å². The predicted molar refractivity (Wildman–Crippen MR) is 91.4 cm³/mol. The van der Waals surface area contributed by atoms with Gasteiger partial charge in [0, 0.05) is 13.0 Å². The topological polar surface area (TPSA) is 29.5 Å². The molecule has 0 saturated carbocycles. The Bertz CT molecular complexity index is 636. The van der Waals surface area contributed by atoms with Crippen molar-refractivity contribution in [3.05, 3.63) is 65.7 Å². The van der Waals surface area contributed by atoms with Gasteiger partial charge in [0.2, 0.25) is 5.91 Å². The molecule has 0 bridgehead atoms. The van der Waals surface area contributed by atoms with Crippen LogP contribution >= 0.6 is 0 Å². The molecule has 120 valence electrons. The quantitative estimate of drug-likeness (QED) is 0.807. The number of carbonyl (C=O) groups is 1. The minimum atomic E-state index is 0.212. The maximum absolute atomic E-state index is 12.2. The minimum Gasteiger partial charge on any atom is -0.497 e. The fraction of sp³-hybridized carbons (Fsp3) is 0.350. The molecule has 0 spiro atoms. The van der Waals surface area contributed by atoms with Gasteiger partial charge in [-0.3, -0.25) is 4.79 Å². The molecule has 1 saturated heterocycles. The van der Waals surface area contributed by atoms with E-state index in [-0.39, 0.29) is 11.9 Å². The first kappa shape index (κ1) is 15.6. The van der Waals surface area contributed by atoms with Crippen LogP contribution in [0.3, 0.4) is 0 Å². The third kappa shape index (κ3) is 3.73. The first-order chi connectivity index (χ1) is 11.3. The van der Waals surface area contributed by atoms with E-state index < -0.39 is 0 Å².